The first kappa shape index (κ1) is 20.7. The van der Waals surface area contributed by atoms with E-state index in [-0.39, 0.29) is 31.0 Å². The van der Waals surface area contributed by atoms with Crippen LogP contribution in [-0.4, -0.2) is 46.8 Å². The first-order valence-corrected chi connectivity index (χ1v) is 9.15. The number of methoxy groups -OCH3 is 1. The van der Waals surface area contributed by atoms with Crippen LogP contribution in [0.5, 0.6) is 5.75 Å². The average Bonchev–Trinajstić information content (AvgIpc) is 3.45. The molecule has 0 aliphatic carbocycles. The zero-order valence-electron chi connectivity index (χ0n) is 16.4. The van der Waals surface area contributed by atoms with Gasteiger partial charge in [0, 0.05) is 6.54 Å². The number of nitrogens with zero attached hydrogens (tertiary/aromatic N) is 4. The Hall–Kier alpha value is -4.06. The molecule has 0 unspecified atom stereocenters. The van der Waals surface area contributed by atoms with E-state index in [2.05, 4.69) is 5.10 Å². The fraction of sp³-hybridized carbons (Fsp3) is 0.238. The minimum absolute atomic E-state index is 0.0382. The van der Waals surface area contributed by atoms with Crippen LogP contribution < -0.4 is 4.74 Å². The van der Waals surface area contributed by atoms with Gasteiger partial charge in [0.05, 0.1) is 44.3 Å². The van der Waals surface area contributed by atoms with Gasteiger partial charge in [-0.25, -0.2) is 9.48 Å². The fourth-order valence-corrected chi connectivity index (χ4v) is 2.72. The standard InChI is InChI=1S/C21H20N4O5/c1-28-18-14-25(16-7-3-2-4-8-16)23-20(18)21(27)30-15-19(26)24(11-6-10-22)13-17-9-5-12-29-17/h2-5,7-9,12,14H,6,11,13,15H2,1H3. The Morgan fingerprint density at radius 1 is 1.23 bits per heavy atom. The van der Waals surface area contributed by atoms with E-state index < -0.39 is 18.5 Å². The van der Waals surface area contributed by atoms with Crippen LogP contribution in [0.3, 0.4) is 0 Å². The number of carbonyl (C=O) groups is 2. The third-order valence-corrected chi connectivity index (χ3v) is 4.21. The number of carbonyl (C=O) groups excluding carboxylic acids is 2. The number of ether oxygens (including phenoxy) is 2. The van der Waals surface area contributed by atoms with Crippen molar-refractivity contribution in [3.05, 3.63) is 66.4 Å². The van der Waals surface area contributed by atoms with E-state index >= 15 is 0 Å². The highest BCUT2D eigenvalue weighted by atomic mass is 16.5. The molecule has 0 spiro atoms. The number of furan rings is 1. The quantitative estimate of drug-likeness (QED) is 0.500. The van der Waals surface area contributed by atoms with Crippen molar-refractivity contribution in [2.75, 3.05) is 20.3 Å². The molecule has 1 aromatic carbocycles. The molecule has 2 aromatic heterocycles. The highest BCUT2D eigenvalue weighted by Gasteiger charge is 2.23. The summed E-state index contributed by atoms with van der Waals surface area (Å²) in [4.78, 5) is 26.4. The van der Waals surface area contributed by atoms with Crippen LogP contribution in [0.4, 0.5) is 0 Å². The minimum Gasteiger partial charge on any atom is -0.493 e. The van der Waals surface area contributed by atoms with Crippen molar-refractivity contribution < 1.29 is 23.5 Å². The summed E-state index contributed by atoms with van der Waals surface area (Å²) in [5, 5.41) is 13.0. The van der Waals surface area contributed by atoms with Gasteiger partial charge in [-0.05, 0) is 24.3 Å². The summed E-state index contributed by atoms with van der Waals surface area (Å²) in [7, 11) is 1.42. The Bertz CT molecular complexity index is 1020. The largest absolute Gasteiger partial charge is 0.493 e. The summed E-state index contributed by atoms with van der Waals surface area (Å²) >= 11 is 0. The van der Waals surface area contributed by atoms with Gasteiger partial charge in [0.15, 0.2) is 12.4 Å². The van der Waals surface area contributed by atoms with Crippen molar-refractivity contribution in [3.8, 4) is 17.5 Å². The maximum atomic E-state index is 12.5. The van der Waals surface area contributed by atoms with Crippen molar-refractivity contribution in [1.82, 2.24) is 14.7 Å². The Labute approximate surface area is 173 Å². The van der Waals surface area contributed by atoms with Crippen molar-refractivity contribution in [1.29, 1.82) is 5.26 Å². The first-order valence-electron chi connectivity index (χ1n) is 9.15. The minimum atomic E-state index is -0.784. The van der Waals surface area contributed by atoms with E-state index in [1.165, 1.54) is 23.0 Å². The molecule has 9 heteroatoms. The zero-order chi connectivity index (χ0) is 21.3. The Morgan fingerprint density at radius 3 is 2.70 bits per heavy atom. The molecule has 9 nitrogen and oxygen atoms in total. The summed E-state index contributed by atoms with van der Waals surface area (Å²) < 4.78 is 17.1. The summed E-state index contributed by atoms with van der Waals surface area (Å²) in [6.07, 6.45) is 3.21. The Kier molecular flexibility index (Phi) is 6.84. The van der Waals surface area contributed by atoms with E-state index in [0.29, 0.717) is 5.76 Å². The Morgan fingerprint density at radius 2 is 2.03 bits per heavy atom. The van der Waals surface area contributed by atoms with Crippen LogP contribution in [0, 0.1) is 11.3 Å². The lowest BCUT2D eigenvalue weighted by Crippen LogP contribution is -2.35. The lowest BCUT2D eigenvalue weighted by Gasteiger charge is -2.20. The number of hydrogen-bond donors (Lipinski definition) is 0. The van der Waals surface area contributed by atoms with Crippen molar-refractivity contribution >= 4 is 11.9 Å². The molecular formula is C21H20N4O5. The third-order valence-electron chi connectivity index (χ3n) is 4.21. The molecule has 0 fully saturated rings. The molecule has 0 bridgehead atoms. The molecule has 30 heavy (non-hydrogen) atoms. The zero-order valence-corrected chi connectivity index (χ0v) is 16.4. The molecule has 3 aromatic rings. The molecule has 2 heterocycles. The van der Waals surface area contributed by atoms with Gasteiger partial charge in [-0.3, -0.25) is 4.79 Å². The van der Waals surface area contributed by atoms with Crippen LogP contribution >= 0.6 is 0 Å². The van der Waals surface area contributed by atoms with Crippen molar-refractivity contribution in [2.24, 2.45) is 0 Å². The summed E-state index contributed by atoms with van der Waals surface area (Å²) in [5.41, 5.74) is 0.704. The molecule has 0 saturated heterocycles. The number of aromatic nitrogens is 2. The predicted octanol–water partition coefficient (Wildman–Crippen LogP) is 2.57. The molecule has 0 atom stereocenters. The Balaban J connectivity index is 1.67. The third kappa shape index (κ3) is 5.05. The second-order valence-corrected chi connectivity index (χ2v) is 6.21. The molecule has 0 radical (unpaired) electrons. The number of amides is 1. The summed E-state index contributed by atoms with van der Waals surface area (Å²) in [5.74, 6) is -0.436. The number of rotatable bonds is 9. The van der Waals surface area contributed by atoms with Crippen molar-refractivity contribution in [2.45, 2.75) is 13.0 Å². The van der Waals surface area contributed by atoms with Crippen molar-refractivity contribution in [3.63, 3.8) is 0 Å². The molecule has 1 amide bonds. The van der Waals surface area contributed by atoms with Crippen LogP contribution in [0.15, 0.2) is 59.3 Å². The van der Waals surface area contributed by atoms with Crippen LogP contribution in [0.1, 0.15) is 22.7 Å². The van der Waals surface area contributed by atoms with E-state index in [4.69, 9.17) is 19.2 Å². The van der Waals surface area contributed by atoms with Crippen LogP contribution in [0.2, 0.25) is 0 Å². The normalized spacial score (nSPS) is 10.3. The van der Waals surface area contributed by atoms with Gasteiger partial charge in [-0.1, -0.05) is 18.2 Å². The molecule has 0 aliphatic rings. The topological polar surface area (TPSA) is 111 Å². The fourth-order valence-electron chi connectivity index (χ4n) is 2.72. The second kappa shape index (κ2) is 9.93. The SMILES string of the molecule is COc1cn(-c2ccccc2)nc1C(=O)OCC(=O)N(CCC#N)Cc1ccco1. The lowest BCUT2D eigenvalue weighted by molar-refractivity contribution is -0.135. The number of para-hydroxylation sites is 1. The number of hydrogen-bond acceptors (Lipinski definition) is 7. The molecular weight excluding hydrogens is 388 g/mol. The monoisotopic (exact) mass is 408 g/mol. The maximum absolute atomic E-state index is 12.5. The molecule has 0 aliphatic heterocycles. The molecule has 154 valence electrons. The van der Waals surface area contributed by atoms with Gasteiger partial charge in [-0.2, -0.15) is 10.4 Å². The van der Waals surface area contributed by atoms with E-state index in [1.807, 2.05) is 36.4 Å². The van der Waals surface area contributed by atoms with Crippen LogP contribution in [-0.2, 0) is 16.1 Å². The number of nitriles is 1. The first-order chi connectivity index (χ1) is 14.6. The van der Waals surface area contributed by atoms with E-state index in [9.17, 15) is 9.59 Å². The number of esters is 1. The summed E-state index contributed by atoms with van der Waals surface area (Å²) in [6.45, 7) is -0.122. The second-order valence-electron chi connectivity index (χ2n) is 6.21. The van der Waals surface area contributed by atoms with Gasteiger partial charge in [0.1, 0.15) is 5.76 Å². The van der Waals surface area contributed by atoms with Gasteiger partial charge in [0.2, 0.25) is 5.69 Å². The van der Waals surface area contributed by atoms with Crippen LogP contribution in [0.25, 0.3) is 5.69 Å². The molecule has 0 saturated carbocycles. The lowest BCUT2D eigenvalue weighted by atomic mass is 10.3. The average molecular weight is 408 g/mol. The van der Waals surface area contributed by atoms with E-state index in [1.54, 1.807) is 18.3 Å². The molecule has 3 rings (SSSR count). The predicted molar refractivity (Wildman–Crippen MR) is 105 cm³/mol. The van der Waals surface area contributed by atoms with Gasteiger partial charge in [0.25, 0.3) is 5.91 Å². The van der Waals surface area contributed by atoms with E-state index in [0.717, 1.165) is 5.69 Å². The number of benzene rings is 1. The van der Waals surface area contributed by atoms with Gasteiger partial charge >= 0.3 is 5.97 Å². The smallest absolute Gasteiger partial charge is 0.363 e. The van der Waals surface area contributed by atoms with Gasteiger partial charge < -0.3 is 18.8 Å². The highest BCUT2D eigenvalue weighted by Crippen LogP contribution is 2.20. The van der Waals surface area contributed by atoms with Gasteiger partial charge in [-0.15, -0.1) is 0 Å². The molecule has 0 N–H and O–H groups in total. The maximum Gasteiger partial charge on any atom is 0.363 e. The summed E-state index contributed by atoms with van der Waals surface area (Å²) in [6, 6.07) is 14.6. The highest BCUT2D eigenvalue weighted by molar-refractivity contribution is 5.92.